The van der Waals surface area contributed by atoms with Gasteiger partial charge in [-0.2, -0.15) is 0 Å². The first-order valence-electron chi connectivity index (χ1n) is 6.51. The Morgan fingerprint density at radius 2 is 2.12 bits per heavy atom. The predicted octanol–water partition coefficient (Wildman–Crippen LogP) is 2.37. The van der Waals surface area contributed by atoms with Gasteiger partial charge in [0, 0.05) is 5.39 Å². The molecule has 1 aromatic carbocycles. The van der Waals surface area contributed by atoms with Gasteiger partial charge in [0.1, 0.15) is 0 Å². The lowest BCUT2D eigenvalue weighted by Gasteiger charge is -2.14. The average molecular weight is 221 g/mol. The molecule has 0 radical (unpaired) electrons. The molecule has 0 spiro atoms. The Morgan fingerprint density at radius 1 is 1.18 bits per heavy atom. The Balaban J connectivity index is 2.16. The topological polar surface area (TPSA) is 12.9 Å². The van der Waals surface area contributed by atoms with Gasteiger partial charge in [0.05, 0.1) is 10.9 Å². The predicted molar refractivity (Wildman–Crippen MR) is 70.8 cm³/mol. The van der Waals surface area contributed by atoms with Gasteiger partial charge in [0.25, 0.3) is 0 Å². The Kier molecular flexibility index (Phi) is 1.90. The molecule has 1 heteroatoms. The van der Waals surface area contributed by atoms with E-state index in [1.807, 2.05) is 0 Å². The Bertz CT molecular complexity index is 712. The van der Waals surface area contributed by atoms with Crippen molar-refractivity contribution < 1.29 is 0 Å². The zero-order valence-electron chi connectivity index (χ0n) is 9.82. The van der Waals surface area contributed by atoms with Gasteiger partial charge in [0.15, 0.2) is 0 Å². The molecule has 1 saturated carbocycles. The standard InChI is InChI=1S/C16H15N/c1-2-7-15-12(4-1)10-13-9-8-11-5-3-6-14(11)16(13)17-15/h1-2,4,7,9-11H,3,5-6,8H2. The maximum Gasteiger partial charge on any atom is 0.0709 e. The highest BCUT2D eigenvalue weighted by molar-refractivity contribution is 5.79. The summed E-state index contributed by atoms with van der Waals surface area (Å²) in [6, 6.07) is 10.7. The molecule has 0 bridgehead atoms. The maximum atomic E-state index is 4.89. The summed E-state index contributed by atoms with van der Waals surface area (Å²) in [5, 5.41) is 3.91. The summed E-state index contributed by atoms with van der Waals surface area (Å²) in [4.78, 5) is 4.89. The highest BCUT2D eigenvalue weighted by Crippen LogP contribution is 2.34. The van der Waals surface area contributed by atoms with E-state index in [0.29, 0.717) is 0 Å². The minimum absolute atomic E-state index is 0.788. The van der Waals surface area contributed by atoms with E-state index in [-0.39, 0.29) is 0 Å². The Labute approximate surface area is 100 Å². The molecule has 1 atom stereocenters. The van der Waals surface area contributed by atoms with Crippen LogP contribution < -0.4 is 10.6 Å². The molecule has 1 nitrogen and oxygen atoms in total. The number of pyridine rings is 1. The van der Waals surface area contributed by atoms with Crippen LogP contribution in [0.1, 0.15) is 25.7 Å². The van der Waals surface area contributed by atoms with Crippen molar-refractivity contribution in [3.05, 3.63) is 40.9 Å². The summed E-state index contributed by atoms with van der Waals surface area (Å²) in [6.45, 7) is 0. The van der Waals surface area contributed by atoms with Gasteiger partial charge >= 0.3 is 0 Å². The molecule has 17 heavy (non-hydrogen) atoms. The highest BCUT2D eigenvalue weighted by atomic mass is 14.7. The SMILES string of the molecule is C1=c2cc3ccccc3nc2=C2CCCC2C1. The second-order valence-electron chi connectivity index (χ2n) is 5.17. The van der Waals surface area contributed by atoms with E-state index >= 15 is 0 Å². The van der Waals surface area contributed by atoms with Gasteiger partial charge in [-0.25, -0.2) is 4.98 Å². The van der Waals surface area contributed by atoms with Crippen molar-refractivity contribution >= 4 is 22.6 Å². The zero-order chi connectivity index (χ0) is 11.2. The molecular formula is C16H15N. The van der Waals surface area contributed by atoms with Crippen LogP contribution >= 0.6 is 0 Å². The van der Waals surface area contributed by atoms with E-state index in [0.717, 1.165) is 11.4 Å². The normalized spacial score (nSPS) is 22.1. The van der Waals surface area contributed by atoms with Crippen molar-refractivity contribution in [2.75, 3.05) is 0 Å². The van der Waals surface area contributed by atoms with E-state index in [1.165, 1.54) is 41.6 Å². The number of fused-ring (bicyclic) bond motifs is 3. The third-order valence-electron chi connectivity index (χ3n) is 4.17. The summed E-state index contributed by atoms with van der Waals surface area (Å²) in [5.41, 5.74) is 2.76. The number of benzene rings is 1. The van der Waals surface area contributed by atoms with Gasteiger partial charge < -0.3 is 0 Å². The van der Waals surface area contributed by atoms with Crippen LogP contribution in [0.25, 0.3) is 22.6 Å². The quantitative estimate of drug-likeness (QED) is 0.665. The smallest absolute Gasteiger partial charge is 0.0709 e. The van der Waals surface area contributed by atoms with Crippen molar-refractivity contribution in [1.82, 2.24) is 4.98 Å². The summed E-state index contributed by atoms with van der Waals surface area (Å²) in [7, 11) is 0. The molecule has 0 aliphatic heterocycles. The van der Waals surface area contributed by atoms with Crippen molar-refractivity contribution in [3.8, 4) is 0 Å². The van der Waals surface area contributed by atoms with Gasteiger partial charge in [-0.05, 0) is 54.5 Å². The molecule has 0 amide bonds. The lowest BCUT2D eigenvalue weighted by molar-refractivity contribution is 0.672. The fraction of sp³-hybridized carbons (Fsp3) is 0.312. The summed E-state index contributed by atoms with van der Waals surface area (Å²) in [6.07, 6.45) is 7.58. The summed E-state index contributed by atoms with van der Waals surface area (Å²) >= 11 is 0. The number of hydrogen-bond acceptors (Lipinski definition) is 1. The Morgan fingerprint density at radius 3 is 3.12 bits per heavy atom. The lowest BCUT2D eigenvalue weighted by Crippen LogP contribution is -2.34. The highest BCUT2D eigenvalue weighted by Gasteiger charge is 2.23. The number of hydrogen-bond donors (Lipinski definition) is 0. The average Bonchev–Trinajstić information content (AvgIpc) is 2.85. The number of nitrogens with zero attached hydrogens (tertiary/aromatic N) is 1. The number of rotatable bonds is 0. The molecular weight excluding hydrogens is 206 g/mol. The van der Waals surface area contributed by atoms with Gasteiger partial charge in [-0.1, -0.05) is 24.3 Å². The monoisotopic (exact) mass is 221 g/mol. The zero-order valence-corrected chi connectivity index (χ0v) is 9.82. The second-order valence-corrected chi connectivity index (χ2v) is 5.17. The van der Waals surface area contributed by atoms with Crippen LogP contribution in [0, 0.1) is 5.92 Å². The molecule has 0 saturated heterocycles. The number of aromatic nitrogens is 1. The van der Waals surface area contributed by atoms with E-state index in [9.17, 15) is 0 Å². The van der Waals surface area contributed by atoms with Crippen LogP contribution in [0.4, 0.5) is 0 Å². The summed E-state index contributed by atoms with van der Waals surface area (Å²) < 4.78 is 0. The third kappa shape index (κ3) is 1.35. The minimum atomic E-state index is 0.788. The summed E-state index contributed by atoms with van der Waals surface area (Å²) in [5.74, 6) is 0.788. The molecule has 1 unspecified atom stereocenters. The molecule has 1 heterocycles. The van der Waals surface area contributed by atoms with E-state index in [1.54, 1.807) is 5.57 Å². The fourth-order valence-electron chi connectivity index (χ4n) is 3.30. The maximum absolute atomic E-state index is 4.89. The molecule has 2 aliphatic rings. The van der Waals surface area contributed by atoms with Crippen molar-refractivity contribution in [2.24, 2.45) is 5.92 Å². The van der Waals surface area contributed by atoms with Gasteiger partial charge in [-0.3, -0.25) is 0 Å². The molecule has 1 fully saturated rings. The van der Waals surface area contributed by atoms with Crippen molar-refractivity contribution in [1.29, 1.82) is 0 Å². The minimum Gasteiger partial charge on any atom is -0.248 e. The van der Waals surface area contributed by atoms with E-state index < -0.39 is 0 Å². The molecule has 2 aliphatic carbocycles. The van der Waals surface area contributed by atoms with Gasteiger partial charge in [0.2, 0.25) is 0 Å². The first kappa shape index (κ1) is 9.41. The fourth-order valence-corrected chi connectivity index (χ4v) is 3.30. The van der Waals surface area contributed by atoms with Crippen LogP contribution in [0.5, 0.6) is 0 Å². The first-order valence-corrected chi connectivity index (χ1v) is 6.51. The van der Waals surface area contributed by atoms with Gasteiger partial charge in [-0.15, -0.1) is 0 Å². The second kappa shape index (κ2) is 3.43. The molecule has 84 valence electrons. The van der Waals surface area contributed by atoms with Crippen LogP contribution in [0.3, 0.4) is 0 Å². The molecule has 2 aromatic rings. The van der Waals surface area contributed by atoms with Crippen molar-refractivity contribution in [3.63, 3.8) is 0 Å². The largest absolute Gasteiger partial charge is 0.248 e. The Hall–Kier alpha value is -1.63. The third-order valence-corrected chi connectivity index (χ3v) is 4.17. The van der Waals surface area contributed by atoms with Crippen LogP contribution in [-0.4, -0.2) is 4.98 Å². The van der Waals surface area contributed by atoms with Crippen LogP contribution in [-0.2, 0) is 0 Å². The molecule has 0 N–H and O–H groups in total. The van der Waals surface area contributed by atoms with Crippen LogP contribution in [0.2, 0.25) is 0 Å². The molecule has 1 aromatic heterocycles. The molecule has 4 rings (SSSR count). The first-order chi connectivity index (χ1) is 8.42. The van der Waals surface area contributed by atoms with E-state index in [4.69, 9.17) is 4.98 Å². The van der Waals surface area contributed by atoms with E-state index in [2.05, 4.69) is 36.4 Å². The lowest BCUT2D eigenvalue weighted by atomic mass is 9.93. The van der Waals surface area contributed by atoms with Crippen molar-refractivity contribution in [2.45, 2.75) is 25.7 Å². The number of para-hydroxylation sites is 1. The van der Waals surface area contributed by atoms with Crippen LogP contribution in [0.15, 0.2) is 30.3 Å².